The number of rotatable bonds is 7. The summed E-state index contributed by atoms with van der Waals surface area (Å²) in [5, 5.41) is 3.29. The molecule has 1 aromatic carbocycles. The molecular weight excluding hydrogens is 388 g/mol. The highest BCUT2D eigenvalue weighted by Crippen LogP contribution is 2.23. The normalized spacial score (nSPS) is 17.0. The van der Waals surface area contributed by atoms with Gasteiger partial charge in [-0.2, -0.15) is 0 Å². The molecule has 3 heterocycles. The lowest BCUT2D eigenvalue weighted by Gasteiger charge is -2.31. The van der Waals surface area contributed by atoms with Gasteiger partial charge in [0.25, 0.3) is 0 Å². The third-order valence-electron chi connectivity index (χ3n) is 5.23. The summed E-state index contributed by atoms with van der Waals surface area (Å²) in [5.41, 5.74) is 3.92. The molecule has 0 saturated carbocycles. The zero-order chi connectivity index (χ0) is 21.5. The van der Waals surface area contributed by atoms with Crippen LogP contribution in [0.5, 0.6) is 5.75 Å². The van der Waals surface area contributed by atoms with Crippen molar-refractivity contribution >= 4 is 17.6 Å². The molecule has 4 rings (SSSR count). The third kappa shape index (κ3) is 5.69. The Bertz CT molecular complexity index is 1020. The lowest BCUT2D eigenvalue weighted by Crippen LogP contribution is -2.38. The summed E-state index contributed by atoms with van der Waals surface area (Å²) in [4.78, 5) is 11.5. The first-order valence-corrected chi connectivity index (χ1v) is 10.5. The average Bonchev–Trinajstić information content (AvgIpc) is 2.80. The summed E-state index contributed by atoms with van der Waals surface area (Å²) >= 11 is 0. The van der Waals surface area contributed by atoms with Crippen LogP contribution in [0.2, 0.25) is 0 Å². The second-order valence-electron chi connectivity index (χ2n) is 7.52. The summed E-state index contributed by atoms with van der Waals surface area (Å²) in [5.74, 6) is 1.70. The van der Waals surface area contributed by atoms with Gasteiger partial charge in [-0.3, -0.25) is 9.88 Å². The van der Waals surface area contributed by atoms with Crippen LogP contribution in [0.3, 0.4) is 0 Å². The summed E-state index contributed by atoms with van der Waals surface area (Å²) in [6.45, 7) is 5.25. The molecule has 6 heteroatoms. The van der Waals surface area contributed by atoms with Crippen molar-refractivity contribution < 1.29 is 9.47 Å². The fourth-order valence-electron chi connectivity index (χ4n) is 3.61. The number of para-hydroxylation sites is 1. The van der Waals surface area contributed by atoms with Crippen LogP contribution < -0.4 is 10.1 Å². The number of hydrogen-bond acceptors (Lipinski definition) is 6. The number of pyridine rings is 2. The van der Waals surface area contributed by atoms with Crippen molar-refractivity contribution in [3.8, 4) is 5.75 Å². The molecule has 3 aromatic rings. The molecule has 0 aliphatic carbocycles. The number of nitrogens with zero attached hydrogens (tertiary/aromatic N) is 3. The molecule has 1 aliphatic heterocycles. The second kappa shape index (κ2) is 10.2. The van der Waals surface area contributed by atoms with Crippen molar-refractivity contribution in [3.05, 3.63) is 83.8 Å². The van der Waals surface area contributed by atoms with Crippen LogP contribution in [-0.2, 0) is 4.74 Å². The highest BCUT2D eigenvalue weighted by atomic mass is 16.5. The number of hydrogen-bond donors (Lipinski definition) is 1. The van der Waals surface area contributed by atoms with Gasteiger partial charge >= 0.3 is 0 Å². The van der Waals surface area contributed by atoms with E-state index in [4.69, 9.17) is 9.47 Å². The van der Waals surface area contributed by atoms with E-state index in [2.05, 4.69) is 38.4 Å². The predicted octanol–water partition coefficient (Wildman–Crippen LogP) is 4.62. The van der Waals surface area contributed by atoms with Gasteiger partial charge in [0, 0.05) is 30.9 Å². The third-order valence-corrected chi connectivity index (χ3v) is 5.23. The van der Waals surface area contributed by atoms with Gasteiger partial charge in [0.05, 0.1) is 31.3 Å². The second-order valence-corrected chi connectivity index (χ2v) is 7.52. The number of aryl methyl sites for hydroxylation is 1. The number of anilines is 2. The lowest BCUT2D eigenvalue weighted by molar-refractivity contribution is -0.0281. The number of nitrogens with one attached hydrogen (secondary N) is 1. The molecule has 1 N–H and O–H groups in total. The Balaban J connectivity index is 1.34. The van der Waals surface area contributed by atoms with Crippen LogP contribution >= 0.6 is 0 Å². The van der Waals surface area contributed by atoms with Gasteiger partial charge in [-0.1, -0.05) is 36.4 Å². The van der Waals surface area contributed by atoms with Crippen LogP contribution in [0.25, 0.3) is 6.08 Å². The summed E-state index contributed by atoms with van der Waals surface area (Å²) in [6.07, 6.45) is 6.10. The Morgan fingerprint density at radius 3 is 2.87 bits per heavy atom. The number of aromatic nitrogens is 2. The smallest absolute Gasteiger partial charge is 0.130 e. The van der Waals surface area contributed by atoms with Gasteiger partial charge in [-0.25, -0.2) is 4.98 Å². The molecule has 2 aromatic heterocycles. The van der Waals surface area contributed by atoms with Crippen LogP contribution in [-0.4, -0.2) is 48.2 Å². The molecule has 1 atom stereocenters. The quantitative estimate of drug-likeness (QED) is 0.606. The Morgan fingerprint density at radius 2 is 2.06 bits per heavy atom. The average molecular weight is 417 g/mol. The zero-order valence-corrected chi connectivity index (χ0v) is 18.0. The summed E-state index contributed by atoms with van der Waals surface area (Å²) in [6, 6.07) is 18.0. The molecule has 1 aliphatic rings. The van der Waals surface area contributed by atoms with Gasteiger partial charge in [-0.05, 0) is 37.3 Å². The standard InChI is InChI=1S/C25H28N4O2/c1-19-7-5-11-25(27-19)28-21-12-13-22(26-17-21)24-18-29(15-16-31-24)14-6-9-20-8-3-4-10-23(20)30-2/h3-13,17,24H,14-16,18H2,1-2H3,(H,27,28). The fourth-order valence-corrected chi connectivity index (χ4v) is 3.61. The van der Waals surface area contributed by atoms with E-state index in [9.17, 15) is 0 Å². The minimum absolute atomic E-state index is 0.0282. The van der Waals surface area contributed by atoms with E-state index >= 15 is 0 Å². The van der Waals surface area contributed by atoms with Gasteiger partial charge in [-0.15, -0.1) is 0 Å². The van der Waals surface area contributed by atoms with Crippen molar-refractivity contribution in [3.63, 3.8) is 0 Å². The molecule has 1 unspecified atom stereocenters. The molecular formula is C25H28N4O2. The van der Waals surface area contributed by atoms with Gasteiger partial charge < -0.3 is 14.8 Å². The zero-order valence-electron chi connectivity index (χ0n) is 18.0. The maximum Gasteiger partial charge on any atom is 0.130 e. The van der Waals surface area contributed by atoms with Crippen LogP contribution in [0.4, 0.5) is 11.5 Å². The number of benzene rings is 1. The van der Waals surface area contributed by atoms with E-state index < -0.39 is 0 Å². The molecule has 160 valence electrons. The van der Waals surface area contributed by atoms with E-state index in [-0.39, 0.29) is 6.10 Å². The predicted molar refractivity (Wildman–Crippen MR) is 124 cm³/mol. The first-order valence-electron chi connectivity index (χ1n) is 10.5. The highest BCUT2D eigenvalue weighted by molar-refractivity contribution is 5.57. The Kier molecular flexibility index (Phi) is 6.92. The van der Waals surface area contributed by atoms with Gasteiger partial charge in [0.2, 0.25) is 0 Å². The van der Waals surface area contributed by atoms with E-state index in [1.54, 1.807) is 7.11 Å². The minimum Gasteiger partial charge on any atom is -0.496 e. The van der Waals surface area contributed by atoms with Crippen molar-refractivity contribution in [1.29, 1.82) is 0 Å². The molecule has 6 nitrogen and oxygen atoms in total. The minimum atomic E-state index is -0.0282. The summed E-state index contributed by atoms with van der Waals surface area (Å²) in [7, 11) is 1.70. The topological polar surface area (TPSA) is 59.5 Å². The van der Waals surface area contributed by atoms with Crippen LogP contribution in [0, 0.1) is 6.92 Å². The fraction of sp³-hybridized carbons (Fsp3) is 0.280. The van der Waals surface area contributed by atoms with Gasteiger partial charge in [0.15, 0.2) is 0 Å². The maximum absolute atomic E-state index is 5.99. The molecule has 0 amide bonds. The molecule has 1 fully saturated rings. The van der Waals surface area contributed by atoms with Crippen molar-refractivity contribution in [2.45, 2.75) is 13.0 Å². The molecule has 0 spiro atoms. The largest absolute Gasteiger partial charge is 0.496 e. The Morgan fingerprint density at radius 1 is 1.16 bits per heavy atom. The molecule has 0 radical (unpaired) electrons. The SMILES string of the molecule is COc1ccccc1C=CCN1CCOC(c2ccc(Nc3cccc(C)n3)cn2)C1. The monoisotopic (exact) mass is 416 g/mol. The highest BCUT2D eigenvalue weighted by Gasteiger charge is 2.22. The molecule has 0 bridgehead atoms. The lowest BCUT2D eigenvalue weighted by atomic mass is 10.1. The first-order chi connectivity index (χ1) is 15.2. The molecule has 31 heavy (non-hydrogen) atoms. The number of morpholine rings is 1. The summed E-state index contributed by atoms with van der Waals surface area (Å²) < 4.78 is 11.4. The maximum atomic E-state index is 5.99. The Labute approximate surface area is 183 Å². The van der Waals surface area contributed by atoms with Gasteiger partial charge in [0.1, 0.15) is 17.7 Å². The molecule has 1 saturated heterocycles. The Hall–Kier alpha value is -3.22. The van der Waals surface area contributed by atoms with Crippen molar-refractivity contribution in [2.75, 3.05) is 38.7 Å². The van der Waals surface area contributed by atoms with E-state index in [0.717, 1.165) is 53.8 Å². The van der Waals surface area contributed by atoms with Crippen LogP contribution in [0.1, 0.15) is 23.1 Å². The van der Waals surface area contributed by atoms with E-state index in [0.29, 0.717) is 6.61 Å². The van der Waals surface area contributed by atoms with E-state index in [1.165, 1.54) is 0 Å². The van der Waals surface area contributed by atoms with Crippen molar-refractivity contribution in [1.82, 2.24) is 14.9 Å². The van der Waals surface area contributed by atoms with Crippen molar-refractivity contribution in [2.24, 2.45) is 0 Å². The number of methoxy groups -OCH3 is 1. The van der Waals surface area contributed by atoms with Crippen LogP contribution in [0.15, 0.2) is 66.9 Å². The van der Waals surface area contributed by atoms with E-state index in [1.807, 2.05) is 61.7 Å². The first kappa shape index (κ1) is 21.0. The number of ether oxygens (including phenoxy) is 2.